The highest BCUT2D eigenvalue weighted by atomic mass is 19.2. The van der Waals surface area contributed by atoms with Crippen LogP contribution in [0.4, 0.5) is 20.3 Å². The van der Waals surface area contributed by atoms with Crippen LogP contribution in [0.1, 0.15) is 5.56 Å². The maximum Gasteiger partial charge on any atom is 0.330 e. The standard InChI is InChI=1S/C10H8F2N4O2/c11-7-3-1-2-6(9(7)12)5-15-10(13)8(4-14-15)16(17)18/h1-4H,5,13H2. The molecule has 2 N–H and O–H groups in total. The summed E-state index contributed by atoms with van der Waals surface area (Å²) in [5, 5.41) is 14.2. The largest absolute Gasteiger partial charge is 0.378 e. The minimum atomic E-state index is -1.02. The first-order chi connectivity index (χ1) is 8.50. The lowest BCUT2D eigenvalue weighted by Crippen LogP contribution is -2.08. The van der Waals surface area contributed by atoms with Crippen molar-refractivity contribution in [2.24, 2.45) is 0 Å². The molecule has 2 rings (SSSR count). The molecule has 2 aromatic rings. The number of hydrogen-bond donors (Lipinski definition) is 1. The summed E-state index contributed by atoms with van der Waals surface area (Å²) in [4.78, 5) is 9.85. The SMILES string of the molecule is Nc1c([N+](=O)[O-])cnn1Cc1cccc(F)c1F. The molecule has 0 saturated carbocycles. The number of nitrogen functional groups attached to an aromatic ring is 1. The first-order valence-electron chi connectivity index (χ1n) is 4.89. The van der Waals surface area contributed by atoms with Crippen molar-refractivity contribution in [3.05, 3.63) is 51.7 Å². The molecule has 0 aliphatic heterocycles. The van der Waals surface area contributed by atoms with Crippen molar-refractivity contribution < 1.29 is 13.7 Å². The molecule has 1 aromatic heterocycles. The van der Waals surface area contributed by atoms with E-state index in [2.05, 4.69) is 5.10 Å². The van der Waals surface area contributed by atoms with Gasteiger partial charge in [0.05, 0.1) is 11.5 Å². The number of nitrogens with two attached hydrogens (primary N) is 1. The zero-order chi connectivity index (χ0) is 13.3. The predicted octanol–water partition coefficient (Wildman–Crippen LogP) is 1.70. The van der Waals surface area contributed by atoms with Crippen molar-refractivity contribution in [1.29, 1.82) is 0 Å². The van der Waals surface area contributed by atoms with Crippen LogP contribution in [0.25, 0.3) is 0 Å². The van der Waals surface area contributed by atoms with Gasteiger partial charge in [-0.1, -0.05) is 12.1 Å². The van der Waals surface area contributed by atoms with Gasteiger partial charge in [-0.3, -0.25) is 10.1 Å². The third kappa shape index (κ3) is 1.99. The molecular weight excluding hydrogens is 246 g/mol. The maximum absolute atomic E-state index is 13.4. The number of nitrogens with zero attached hydrogens (tertiary/aromatic N) is 3. The number of benzene rings is 1. The number of nitro groups is 1. The fourth-order valence-corrected chi connectivity index (χ4v) is 1.48. The Bertz CT molecular complexity index is 612. The summed E-state index contributed by atoms with van der Waals surface area (Å²) in [5.74, 6) is -2.22. The Hall–Kier alpha value is -2.51. The summed E-state index contributed by atoms with van der Waals surface area (Å²) in [6.07, 6.45) is 0.965. The number of rotatable bonds is 3. The summed E-state index contributed by atoms with van der Waals surface area (Å²) < 4.78 is 27.4. The number of hydrogen-bond acceptors (Lipinski definition) is 4. The number of anilines is 1. The molecule has 0 spiro atoms. The first-order valence-corrected chi connectivity index (χ1v) is 4.89. The third-order valence-electron chi connectivity index (χ3n) is 2.41. The van der Waals surface area contributed by atoms with Gasteiger partial charge in [0.15, 0.2) is 11.6 Å². The van der Waals surface area contributed by atoms with Gasteiger partial charge in [-0.25, -0.2) is 13.5 Å². The van der Waals surface area contributed by atoms with E-state index in [4.69, 9.17) is 5.73 Å². The van der Waals surface area contributed by atoms with Gasteiger partial charge in [-0.05, 0) is 6.07 Å². The average Bonchev–Trinajstić information content (AvgIpc) is 2.67. The van der Waals surface area contributed by atoms with Gasteiger partial charge >= 0.3 is 5.69 Å². The van der Waals surface area contributed by atoms with Gasteiger partial charge in [-0.2, -0.15) is 5.10 Å². The van der Waals surface area contributed by atoms with E-state index in [-0.39, 0.29) is 23.6 Å². The topological polar surface area (TPSA) is 87.0 Å². The molecule has 18 heavy (non-hydrogen) atoms. The second-order valence-electron chi connectivity index (χ2n) is 3.54. The molecule has 0 unspecified atom stereocenters. The number of aromatic nitrogens is 2. The van der Waals surface area contributed by atoms with E-state index >= 15 is 0 Å². The van der Waals surface area contributed by atoms with Crippen molar-refractivity contribution in [2.75, 3.05) is 5.73 Å². The molecule has 1 aromatic carbocycles. The average molecular weight is 254 g/mol. The Morgan fingerprint density at radius 1 is 1.44 bits per heavy atom. The van der Waals surface area contributed by atoms with Crippen LogP contribution in [0.2, 0.25) is 0 Å². The second kappa shape index (κ2) is 4.40. The molecule has 94 valence electrons. The lowest BCUT2D eigenvalue weighted by Gasteiger charge is -2.05. The van der Waals surface area contributed by atoms with Crippen LogP contribution in [0, 0.1) is 21.7 Å². The van der Waals surface area contributed by atoms with E-state index in [9.17, 15) is 18.9 Å². The maximum atomic E-state index is 13.4. The molecule has 6 nitrogen and oxygen atoms in total. The molecule has 0 atom stereocenters. The molecule has 0 aliphatic carbocycles. The first kappa shape index (κ1) is 12.0. The summed E-state index contributed by atoms with van der Waals surface area (Å²) in [7, 11) is 0. The van der Waals surface area contributed by atoms with E-state index < -0.39 is 16.6 Å². The molecule has 0 amide bonds. The highest BCUT2D eigenvalue weighted by Crippen LogP contribution is 2.21. The molecule has 0 bridgehead atoms. The molecule has 1 heterocycles. The van der Waals surface area contributed by atoms with Crippen molar-refractivity contribution in [3.63, 3.8) is 0 Å². The highest BCUT2D eigenvalue weighted by molar-refractivity contribution is 5.51. The van der Waals surface area contributed by atoms with Crippen molar-refractivity contribution in [2.45, 2.75) is 6.54 Å². The molecule has 0 aliphatic rings. The van der Waals surface area contributed by atoms with Gasteiger partial charge in [0, 0.05) is 5.56 Å². The van der Waals surface area contributed by atoms with Gasteiger partial charge < -0.3 is 5.73 Å². The molecule has 0 saturated heterocycles. The van der Waals surface area contributed by atoms with Crippen LogP contribution in [0.5, 0.6) is 0 Å². The predicted molar refractivity (Wildman–Crippen MR) is 58.8 cm³/mol. The van der Waals surface area contributed by atoms with Crippen molar-refractivity contribution in [1.82, 2.24) is 9.78 Å². The summed E-state index contributed by atoms with van der Waals surface area (Å²) in [6, 6.07) is 3.67. The third-order valence-corrected chi connectivity index (χ3v) is 2.41. The van der Waals surface area contributed by atoms with Crippen LogP contribution in [0.15, 0.2) is 24.4 Å². The highest BCUT2D eigenvalue weighted by Gasteiger charge is 2.18. The van der Waals surface area contributed by atoms with E-state index in [0.717, 1.165) is 16.9 Å². The smallest absolute Gasteiger partial charge is 0.330 e. The monoisotopic (exact) mass is 254 g/mol. The Morgan fingerprint density at radius 2 is 2.17 bits per heavy atom. The quantitative estimate of drug-likeness (QED) is 0.667. The molecular formula is C10H8F2N4O2. The van der Waals surface area contributed by atoms with Crippen LogP contribution in [-0.2, 0) is 6.54 Å². The summed E-state index contributed by atoms with van der Waals surface area (Å²) in [5.41, 5.74) is 5.13. The number of halogens is 2. The Morgan fingerprint density at radius 3 is 2.78 bits per heavy atom. The van der Waals surface area contributed by atoms with Gasteiger partial charge in [0.2, 0.25) is 5.82 Å². The van der Waals surface area contributed by atoms with E-state index in [1.54, 1.807) is 0 Å². The second-order valence-corrected chi connectivity index (χ2v) is 3.54. The van der Waals surface area contributed by atoms with Crippen LogP contribution in [0.3, 0.4) is 0 Å². The molecule has 0 radical (unpaired) electrons. The Kier molecular flexibility index (Phi) is 2.92. The lowest BCUT2D eigenvalue weighted by atomic mass is 10.2. The van der Waals surface area contributed by atoms with Crippen molar-refractivity contribution in [3.8, 4) is 0 Å². The Labute approximate surface area is 99.8 Å². The lowest BCUT2D eigenvalue weighted by molar-refractivity contribution is -0.384. The minimum absolute atomic E-state index is 0.0136. The van der Waals surface area contributed by atoms with Gasteiger partial charge in [0.1, 0.15) is 6.20 Å². The molecule has 0 fully saturated rings. The normalized spacial score (nSPS) is 10.6. The minimum Gasteiger partial charge on any atom is -0.378 e. The van der Waals surface area contributed by atoms with Gasteiger partial charge in [0.25, 0.3) is 0 Å². The Balaban J connectivity index is 2.35. The fraction of sp³-hybridized carbons (Fsp3) is 0.100. The van der Waals surface area contributed by atoms with Crippen molar-refractivity contribution >= 4 is 11.5 Å². The summed E-state index contributed by atoms with van der Waals surface area (Å²) >= 11 is 0. The molecule has 8 heteroatoms. The summed E-state index contributed by atoms with van der Waals surface area (Å²) in [6.45, 7) is -0.177. The van der Waals surface area contributed by atoms with Crippen LogP contribution >= 0.6 is 0 Å². The zero-order valence-corrected chi connectivity index (χ0v) is 9.01. The zero-order valence-electron chi connectivity index (χ0n) is 9.01. The van der Waals surface area contributed by atoms with E-state index in [0.29, 0.717) is 0 Å². The van der Waals surface area contributed by atoms with Crippen LogP contribution < -0.4 is 5.73 Å². The van der Waals surface area contributed by atoms with E-state index in [1.165, 1.54) is 12.1 Å². The van der Waals surface area contributed by atoms with Gasteiger partial charge in [-0.15, -0.1) is 0 Å². The van der Waals surface area contributed by atoms with Crippen LogP contribution in [-0.4, -0.2) is 14.7 Å². The fourth-order valence-electron chi connectivity index (χ4n) is 1.48. The van der Waals surface area contributed by atoms with E-state index in [1.807, 2.05) is 0 Å².